The van der Waals surface area contributed by atoms with E-state index in [-0.39, 0.29) is 6.61 Å². The van der Waals surface area contributed by atoms with Crippen molar-refractivity contribution in [3.05, 3.63) is 0 Å². The molecule has 1 atom stereocenters. The molecule has 5 heteroatoms. The second-order valence-corrected chi connectivity index (χ2v) is 1.71. The smallest absolute Gasteiger partial charge is 0.335 e. The van der Waals surface area contributed by atoms with Crippen LogP contribution in [0.2, 0.25) is 0 Å². The first-order valence-electron chi connectivity index (χ1n) is 1.99. The molecule has 0 aromatic heterocycles. The van der Waals surface area contributed by atoms with Crippen molar-refractivity contribution < 1.29 is 25.2 Å². The highest BCUT2D eigenvalue weighted by Crippen LogP contribution is 2.31. The lowest BCUT2D eigenvalue weighted by Crippen LogP contribution is -2.45. The highest BCUT2D eigenvalue weighted by molar-refractivity contribution is 4.85. The summed E-state index contributed by atoms with van der Waals surface area (Å²) in [5.41, 5.74) is 0. The van der Waals surface area contributed by atoms with Crippen molar-refractivity contribution in [2.75, 3.05) is 6.61 Å². The van der Waals surface area contributed by atoms with Crippen LogP contribution in [0.1, 0.15) is 0 Å². The zero-order valence-corrected chi connectivity index (χ0v) is 3.90. The molecule has 0 bridgehead atoms. The van der Waals surface area contributed by atoms with Gasteiger partial charge in [0.15, 0.2) is 0 Å². The molecule has 48 valence electrons. The minimum Gasteiger partial charge on any atom is -0.357 e. The van der Waals surface area contributed by atoms with Gasteiger partial charge in [0.05, 0.1) is 0 Å². The van der Waals surface area contributed by atoms with Crippen LogP contribution in [-0.4, -0.2) is 38.8 Å². The summed E-state index contributed by atoms with van der Waals surface area (Å²) in [6.45, 7) is -0.253. The quantitative estimate of drug-likeness (QED) is 0.225. The summed E-state index contributed by atoms with van der Waals surface area (Å²) in [6.07, 6.45) is 0. The normalized spacial score (nSPS) is 37.5. The predicted octanol–water partition coefficient (Wildman–Crippen LogP) is -2.66. The third-order valence-corrected chi connectivity index (χ3v) is 0.942. The van der Waals surface area contributed by atoms with Gasteiger partial charge in [-0.3, -0.25) is 0 Å². The summed E-state index contributed by atoms with van der Waals surface area (Å²) in [4.78, 5) is 0. The lowest BCUT2D eigenvalue weighted by atomic mass is 10.3. The average molecular weight is 122 g/mol. The Bertz CT molecular complexity index is 95.5. The van der Waals surface area contributed by atoms with Gasteiger partial charge in [0, 0.05) is 0 Å². The predicted molar refractivity (Wildman–Crippen MR) is 20.3 cm³/mol. The number of hydrogen-bond donors (Lipinski definition) is 4. The number of aliphatic hydroxyl groups is 4. The lowest BCUT2D eigenvalue weighted by molar-refractivity contribution is -0.385. The second kappa shape index (κ2) is 1.20. The van der Waals surface area contributed by atoms with Gasteiger partial charge in [0.1, 0.15) is 6.61 Å². The summed E-state index contributed by atoms with van der Waals surface area (Å²) in [5, 5.41) is 33.0. The first kappa shape index (κ1) is 5.93. The van der Waals surface area contributed by atoms with E-state index in [1.54, 1.807) is 0 Å². The highest BCUT2D eigenvalue weighted by Gasteiger charge is 2.60. The first-order chi connectivity index (χ1) is 3.46. The van der Waals surface area contributed by atoms with Crippen molar-refractivity contribution >= 4 is 0 Å². The molecule has 1 saturated heterocycles. The molecule has 1 unspecified atom stereocenters. The van der Waals surface area contributed by atoms with Gasteiger partial charge in [-0.1, -0.05) is 0 Å². The Hall–Kier alpha value is -0.200. The van der Waals surface area contributed by atoms with Crippen molar-refractivity contribution in [1.82, 2.24) is 0 Å². The van der Waals surface area contributed by atoms with Crippen LogP contribution in [0.5, 0.6) is 0 Å². The molecule has 1 aliphatic heterocycles. The SMILES string of the molecule is OC(O)(O)C1(O)CO1. The van der Waals surface area contributed by atoms with Gasteiger partial charge in [-0.15, -0.1) is 0 Å². The van der Waals surface area contributed by atoms with E-state index < -0.39 is 11.8 Å². The maximum atomic E-state index is 8.49. The molecular weight excluding hydrogens is 116 g/mol. The molecule has 4 N–H and O–H groups in total. The standard InChI is InChI=1S/C3H6O5/c4-2(1-8-2)3(5,6)7/h4-7H,1H2. The third kappa shape index (κ3) is 0.702. The summed E-state index contributed by atoms with van der Waals surface area (Å²) in [7, 11) is 0. The van der Waals surface area contributed by atoms with Gasteiger partial charge in [-0.25, -0.2) is 0 Å². The number of hydrogen-bond acceptors (Lipinski definition) is 5. The van der Waals surface area contributed by atoms with E-state index in [0.717, 1.165) is 0 Å². The molecule has 8 heavy (non-hydrogen) atoms. The Kier molecular flexibility index (Phi) is 0.890. The van der Waals surface area contributed by atoms with E-state index in [9.17, 15) is 0 Å². The van der Waals surface area contributed by atoms with Crippen molar-refractivity contribution in [1.29, 1.82) is 0 Å². The van der Waals surface area contributed by atoms with Gasteiger partial charge in [-0.2, -0.15) is 0 Å². The Labute approximate surface area is 44.8 Å². The number of epoxide rings is 1. The van der Waals surface area contributed by atoms with E-state index in [4.69, 9.17) is 20.4 Å². The van der Waals surface area contributed by atoms with Gasteiger partial charge in [-0.05, 0) is 0 Å². The Balaban J connectivity index is 2.58. The summed E-state index contributed by atoms with van der Waals surface area (Å²) >= 11 is 0. The molecular formula is C3H6O5. The van der Waals surface area contributed by atoms with Crippen molar-refractivity contribution in [2.45, 2.75) is 11.8 Å². The molecule has 0 amide bonds. The first-order valence-corrected chi connectivity index (χ1v) is 1.99. The van der Waals surface area contributed by atoms with Gasteiger partial charge in [0.25, 0.3) is 5.79 Å². The van der Waals surface area contributed by atoms with Crippen molar-refractivity contribution in [3.63, 3.8) is 0 Å². The summed E-state index contributed by atoms with van der Waals surface area (Å²) in [5.74, 6) is -5.26. The molecule has 0 aromatic rings. The van der Waals surface area contributed by atoms with Crippen LogP contribution in [0.4, 0.5) is 0 Å². The van der Waals surface area contributed by atoms with Gasteiger partial charge < -0.3 is 25.2 Å². The van der Waals surface area contributed by atoms with Crippen molar-refractivity contribution in [3.8, 4) is 0 Å². The van der Waals surface area contributed by atoms with E-state index >= 15 is 0 Å². The number of rotatable bonds is 1. The Morgan fingerprint density at radius 1 is 1.38 bits per heavy atom. The molecule has 0 saturated carbocycles. The van der Waals surface area contributed by atoms with Crippen LogP contribution in [0.25, 0.3) is 0 Å². The van der Waals surface area contributed by atoms with Crippen LogP contribution in [-0.2, 0) is 4.74 Å². The molecule has 0 spiro atoms. The minimum absolute atomic E-state index is 0.253. The van der Waals surface area contributed by atoms with E-state index in [1.165, 1.54) is 0 Å². The highest BCUT2D eigenvalue weighted by atomic mass is 16.8. The monoisotopic (exact) mass is 122 g/mol. The Morgan fingerprint density at radius 2 is 1.75 bits per heavy atom. The van der Waals surface area contributed by atoms with Gasteiger partial charge in [0.2, 0.25) is 0 Å². The summed E-state index contributed by atoms with van der Waals surface area (Å²) in [6, 6.07) is 0. The zero-order chi connectivity index (χ0) is 6.41. The van der Waals surface area contributed by atoms with Gasteiger partial charge >= 0.3 is 5.97 Å². The molecule has 0 radical (unpaired) electrons. The number of ether oxygens (including phenoxy) is 1. The third-order valence-electron chi connectivity index (χ3n) is 0.942. The molecule has 1 aliphatic rings. The minimum atomic E-state index is -3.12. The van der Waals surface area contributed by atoms with Crippen LogP contribution in [0.15, 0.2) is 0 Å². The molecule has 0 aromatic carbocycles. The fraction of sp³-hybridized carbons (Fsp3) is 1.00. The molecule has 5 nitrogen and oxygen atoms in total. The average Bonchev–Trinajstić information content (AvgIpc) is 2.16. The topological polar surface area (TPSA) is 93.5 Å². The maximum absolute atomic E-state index is 8.49. The van der Waals surface area contributed by atoms with Crippen LogP contribution >= 0.6 is 0 Å². The maximum Gasteiger partial charge on any atom is 0.335 e. The fourth-order valence-corrected chi connectivity index (χ4v) is 0.262. The largest absolute Gasteiger partial charge is 0.357 e. The summed E-state index contributed by atoms with van der Waals surface area (Å²) < 4.78 is 4.07. The van der Waals surface area contributed by atoms with Crippen LogP contribution in [0, 0.1) is 0 Å². The van der Waals surface area contributed by atoms with Crippen molar-refractivity contribution in [2.24, 2.45) is 0 Å². The molecule has 1 heterocycles. The lowest BCUT2D eigenvalue weighted by Gasteiger charge is -2.15. The van der Waals surface area contributed by atoms with Crippen LogP contribution in [0.3, 0.4) is 0 Å². The molecule has 0 aliphatic carbocycles. The van der Waals surface area contributed by atoms with E-state index in [2.05, 4.69) is 4.74 Å². The molecule has 1 fully saturated rings. The Morgan fingerprint density at radius 3 is 1.75 bits per heavy atom. The second-order valence-electron chi connectivity index (χ2n) is 1.71. The molecule has 1 rings (SSSR count). The fourth-order valence-electron chi connectivity index (χ4n) is 0.262. The zero-order valence-electron chi connectivity index (χ0n) is 3.90. The van der Waals surface area contributed by atoms with E-state index in [1.807, 2.05) is 0 Å². The van der Waals surface area contributed by atoms with Crippen LogP contribution < -0.4 is 0 Å². The van der Waals surface area contributed by atoms with E-state index in [0.29, 0.717) is 0 Å².